The largest absolute Gasteiger partial charge is 0.493 e. The summed E-state index contributed by atoms with van der Waals surface area (Å²) < 4.78 is 10.3. The van der Waals surface area contributed by atoms with Gasteiger partial charge in [-0.25, -0.2) is 0 Å². The molecule has 0 saturated carbocycles. The number of benzene rings is 1. The molecule has 106 valence electrons. The molecule has 1 amide bonds. The van der Waals surface area contributed by atoms with Crippen molar-refractivity contribution in [2.75, 3.05) is 26.1 Å². The second-order valence-corrected chi connectivity index (χ2v) is 4.95. The van der Waals surface area contributed by atoms with Gasteiger partial charge in [-0.2, -0.15) is 0 Å². The molecule has 3 N–H and O–H groups in total. The third kappa shape index (κ3) is 3.86. The van der Waals surface area contributed by atoms with Crippen molar-refractivity contribution in [3.05, 3.63) is 18.2 Å². The Morgan fingerprint density at radius 3 is 2.42 bits per heavy atom. The number of nitrogens with one attached hydrogen (secondary N) is 1. The zero-order valence-electron chi connectivity index (χ0n) is 11.9. The van der Waals surface area contributed by atoms with E-state index in [4.69, 9.17) is 15.2 Å². The Balaban J connectivity index is 2.85. The molecule has 0 aliphatic heterocycles. The fourth-order valence-corrected chi connectivity index (χ4v) is 1.69. The van der Waals surface area contributed by atoms with E-state index in [-0.39, 0.29) is 5.91 Å². The molecule has 19 heavy (non-hydrogen) atoms. The zero-order chi connectivity index (χ0) is 14.5. The lowest BCUT2D eigenvalue weighted by Gasteiger charge is -2.23. The number of hydrogen-bond donors (Lipinski definition) is 2. The summed E-state index contributed by atoms with van der Waals surface area (Å²) in [7, 11) is 3.13. The number of methoxy groups -OCH3 is 2. The Morgan fingerprint density at radius 1 is 1.26 bits per heavy atom. The minimum atomic E-state index is -0.498. The Hall–Kier alpha value is -1.75. The molecule has 0 radical (unpaired) electrons. The Bertz CT molecular complexity index is 444. The third-order valence-electron chi connectivity index (χ3n) is 3.03. The molecule has 0 fully saturated rings. The first-order chi connectivity index (χ1) is 8.94. The summed E-state index contributed by atoms with van der Waals surface area (Å²) in [6, 6.07) is 5.26. The van der Waals surface area contributed by atoms with Crippen molar-refractivity contribution in [1.82, 2.24) is 0 Å². The van der Waals surface area contributed by atoms with Gasteiger partial charge in [-0.3, -0.25) is 4.79 Å². The number of carbonyl (C=O) groups is 1. The maximum Gasteiger partial charge on any atom is 0.230 e. The standard InChI is InChI=1S/C14H22N2O3/c1-14(2,7-8-15)13(17)16-10-5-6-11(18-3)12(9-10)19-4/h5-6,9H,7-8,15H2,1-4H3,(H,16,17). The number of hydrogen-bond acceptors (Lipinski definition) is 4. The van der Waals surface area contributed by atoms with Crippen LogP contribution in [0.2, 0.25) is 0 Å². The first-order valence-corrected chi connectivity index (χ1v) is 6.18. The highest BCUT2D eigenvalue weighted by Crippen LogP contribution is 2.30. The summed E-state index contributed by atoms with van der Waals surface area (Å²) in [5.74, 6) is 1.14. The summed E-state index contributed by atoms with van der Waals surface area (Å²) in [6.45, 7) is 4.22. The predicted octanol–water partition coefficient (Wildman–Crippen LogP) is 2.02. The highest BCUT2D eigenvalue weighted by Gasteiger charge is 2.26. The predicted molar refractivity (Wildman–Crippen MR) is 75.6 cm³/mol. The summed E-state index contributed by atoms with van der Waals surface area (Å²) in [5, 5.41) is 2.86. The summed E-state index contributed by atoms with van der Waals surface area (Å²) in [6.07, 6.45) is 0.631. The first-order valence-electron chi connectivity index (χ1n) is 6.18. The van der Waals surface area contributed by atoms with E-state index in [1.165, 1.54) is 0 Å². The van der Waals surface area contributed by atoms with Crippen LogP contribution in [0, 0.1) is 5.41 Å². The van der Waals surface area contributed by atoms with Gasteiger partial charge in [-0.15, -0.1) is 0 Å². The van der Waals surface area contributed by atoms with Crippen LogP contribution in [-0.2, 0) is 4.79 Å². The first kappa shape index (κ1) is 15.3. The van der Waals surface area contributed by atoms with Gasteiger partial charge < -0.3 is 20.5 Å². The number of amides is 1. The fourth-order valence-electron chi connectivity index (χ4n) is 1.69. The molecule has 5 nitrogen and oxygen atoms in total. The van der Waals surface area contributed by atoms with E-state index in [2.05, 4.69) is 5.32 Å². The maximum atomic E-state index is 12.1. The molecule has 0 aliphatic rings. The van der Waals surface area contributed by atoms with Gasteiger partial charge in [-0.05, 0) is 25.1 Å². The number of carbonyl (C=O) groups excluding carboxylic acids is 1. The Morgan fingerprint density at radius 2 is 1.89 bits per heavy atom. The summed E-state index contributed by atoms with van der Waals surface area (Å²) in [4.78, 5) is 12.1. The van der Waals surface area contributed by atoms with Crippen LogP contribution >= 0.6 is 0 Å². The molecule has 0 spiro atoms. The van der Waals surface area contributed by atoms with E-state index >= 15 is 0 Å². The van der Waals surface area contributed by atoms with Crippen LogP contribution in [0.1, 0.15) is 20.3 Å². The smallest absolute Gasteiger partial charge is 0.230 e. The lowest BCUT2D eigenvalue weighted by atomic mass is 9.88. The molecular formula is C14H22N2O3. The number of ether oxygens (including phenoxy) is 2. The van der Waals surface area contributed by atoms with Gasteiger partial charge >= 0.3 is 0 Å². The second-order valence-electron chi connectivity index (χ2n) is 4.95. The number of rotatable bonds is 6. The second kappa shape index (κ2) is 6.43. The quantitative estimate of drug-likeness (QED) is 0.826. The van der Waals surface area contributed by atoms with Crippen LogP contribution in [0.5, 0.6) is 11.5 Å². The zero-order valence-corrected chi connectivity index (χ0v) is 11.9. The average molecular weight is 266 g/mol. The van der Waals surface area contributed by atoms with Gasteiger partial charge in [0.05, 0.1) is 14.2 Å². The molecule has 1 aromatic rings. The van der Waals surface area contributed by atoms with Gasteiger partial charge in [0.15, 0.2) is 11.5 Å². The summed E-state index contributed by atoms with van der Waals surface area (Å²) in [5.41, 5.74) is 5.69. The molecule has 0 saturated heterocycles. The van der Waals surface area contributed by atoms with Gasteiger partial charge in [0.1, 0.15) is 0 Å². The van der Waals surface area contributed by atoms with Gasteiger partial charge in [0, 0.05) is 17.2 Å². The maximum absolute atomic E-state index is 12.1. The lowest BCUT2D eigenvalue weighted by Crippen LogP contribution is -2.32. The molecule has 5 heteroatoms. The lowest BCUT2D eigenvalue weighted by molar-refractivity contribution is -0.124. The van der Waals surface area contributed by atoms with Crippen LogP contribution in [-0.4, -0.2) is 26.7 Å². The molecule has 1 rings (SSSR count). The molecule has 0 bridgehead atoms. The highest BCUT2D eigenvalue weighted by molar-refractivity contribution is 5.95. The molecule has 0 heterocycles. The van der Waals surface area contributed by atoms with Crippen molar-refractivity contribution in [2.24, 2.45) is 11.1 Å². The van der Waals surface area contributed by atoms with Crippen LogP contribution in [0.25, 0.3) is 0 Å². The Kier molecular flexibility index (Phi) is 5.18. The van der Waals surface area contributed by atoms with Crippen molar-refractivity contribution >= 4 is 11.6 Å². The molecule has 0 aromatic heterocycles. The van der Waals surface area contributed by atoms with Gasteiger partial charge in [0.25, 0.3) is 0 Å². The summed E-state index contributed by atoms with van der Waals surface area (Å²) >= 11 is 0. The van der Waals surface area contributed by atoms with Crippen molar-refractivity contribution in [2.45, 2.75) is 20.3 Å². The minimum Gasteiger partial charge on any atom is -0.493 e. The Labute approximate surface area is 114 Å². The molecule has 0 aliphatic carbocycles. The van der Waals surface area contributed by atoms with Gasteiger partial charge in [0.2, 0.25) is 5.91 Å². The molecule has 0 atom stereocenters. The molecule has 0 unspecified atom stereocenters. The van der Waals surface area contributed by atoms with Crippen LogP contribution in [0.15, 0.2) is 18.2 Å². The normalized spacial score (nSPS) is 11.0. The highest BCUT2D eigenvalue weighted by atomic mass is 16.5. The molecule has 1 aromatic carbocycles. The average Bonchev–Trinajstić information content (AvgIpc) is 2.38. The van der Waals surface area contributed by atoms with E-state index in [1.54, 1.807) is 32.4 Å². The van der Waals surface area contributed by atoms with Crippen LogP contribution in [0.3, 0.4) is 0 Å². The fraction of sp³-hybridized carbons (Fsp3) is 0.500. The third-order valence-corrected chi connectivity index (χ3v) is 3.03. The monoisotopic (exact) mass is 266 g/mol. The number of anilines is 1. The van der Waals surface area contributed by atoms with Crippen LogP contribution < -0.4 is 20.5 Å². The van der Waals surface area contributed by atoms with E-state index in [0.717, 1.165) is 0 Å². The van der Waals surface area contributed by atoms with Gasteiger partial charge in [-0.1, -0.05) is 13.8 Å². The van der Waals surface area contributed by atoms with Crippen molar-refractivity contribution in [1.29, 1.82) is 0 Å². The number of nitrogens with two attached hydrogens (primary N) is 1. The van der Waals surface area contributed by atoms with E-state index in [0.29, 0.717) is 30.2 Å². The SMILES string of the molecule is COc1ccc(NC(=O)C(C)(C)CCN)cc1OC. The van der Waals surface area contributed by atoms with Crippen molar-refractivity contribution in [3.63, 3.8) is 0 Å². The van der Waals surface area contributed by atoms with Crippen molar-refractivity contribution < 1.29 is 14.3 Å². The van der Waals surface area contributed by atoms with E-state index in [1.807, 2.05) is 13.8 Å². The topological polar surface area (TPSA) is 73.6 Å². The minimum absolute atomic E-state index is 0.0647. The van der Waals surface area contributed by atoms with Crippen LogP contribution in [0.4, 0.5) is 5.69 Å². The van der Waals surface area contributed by atoms with E-state index in [9.17, 15) is 4.79 Å². The van der Waals surface area contributed by atoms with E-state index < -0.39 is 5.41 Å². The van der Waals surface area contributed by atoms with Crippen molar-refractivity contribution in [3.8, 4) is 11.5 Å². The molecular weight excluding hydrogens is 244 g/mol.